The maximum atomic E-state index is 14.1. The molecule has 1 fully saturated rings. The Morgan fingerprint density at radius 3 is 2.50 bits per heavy atom. The van der Waals surface area contributed by atoms with Crippen molar-refractivity contribution in [2.75, 3.05) is 13.7 Å². The number of benzene rings is 2. The van der Waals surface area contributed by atoms with Crippen molar-refractivity contribution in [1.82, 2.24) is 4.98 Å². The lowest BCUT2D eigenvalue weighted by Crippen LogP contribution is -2.02. The van der Waals surface area contributed by atoms with E-state index in [0.29, 0.717) is 35.3 Å². The van der Waals surface area contributed by atoms with E-state index in [1.54, 1.807) is 42.6 Å². The molecule has 0 amide bonds. The minimum absolute atomic E-state index is 0.247. The highest BCUT2D eigenvalue weighted by Crippen LogP contribution is 2.30. The highest BCUT2D eigenvalue weighted by Gasteiger charge is 2.22. The summed E-state index contributed by atoms with van der Waals surface area (Å²) in [6.45, 7) is 0.946. The van der Waals surface area contributed by atoms with Gasteiger partial charge in [0.05, 0.1) is 19.3 Å². The number of halogens is 1. The normalized spacial score (nSPS) is 13.0. The molecule has 0 aliphatic heterocycles. The van der Waals surface area contributed by atoms with Gasteiger partial charge in [-0.25, -0.2) is 14.2 Å². The zero-order valence-corrected chi connectivity index (χ0v) is 16.6. The summed E-state index contributed by atoms with van der Waals surface area (Å²) < 4.78 is 30.2. The van der Waals surface area contributed by atoms with Crippen LogP contribution in [0.5, 0.6) is 11.6 Å². The van der Waals surface area contributed by atoms with Gasteiger partial charge in [0.15, 0.2) is 0 Å². The zero-order valence-electron chi connectivity index (χ0n) is 16.6. The van der Waals surface area contributed by atoms with Crippen LogP contribution in [0.4, 0.5) is 4.39 Å². The molecule has 1 heterocycles. The fourth-order valence-electron chi connectivity index (χ4n) is 2.96. The van der Waals surface area contributed by atoms with Crippen molar-refractivity contribution >= 4 is 5.97 Å². The molecule has 0 saturated heterocycles. The van der Waals surface area contributed by atoms with Crippen LogP contribution < -0.4 is 9.47 Å². The number of aromatic nitrogens is 1. The molecule has 1 aliphatic carbocycles. The maximum Gasteiger partial charge on any atom is 0.337 e. The molecule has 0 bridgehead atoms. The third-order valence-corrected chi connectivity index (χ3v) is 4.89. The molecule has 1 saturated carbocycles. The van der Waals surface area contributed by atoms with E-state index >= 15 is 0 Å². The Morgan fingerprint density at radius 1 is 1.03 bits per heavy atom. The van der Waals surface area contributed by atoms with Crippen molar-refractivity contribution < 1.29 is 23.4 Å². The smallest absolute Gasteiger partial charge is 0.337 e. The number of nitrogens with zero attached hydrogens (tertiary/aromatic N) is 1. The summed E-state index contributed by atoms with van der Waals surface area (Å²) >= 11 is 0. The number of carbonyl (C=O) groups is 1. The van der Waals surface area contributed by atoms with Gasteiger partial charge in [-0.3, -0.25) is 0 Å². The van der Waals surface area contributed by atoms with Crippen molar-refractivity contribution in [3.63, 3.8) is 0 Å². The molecule has 1 aromatic heterocycles. The minimum Gasteiger partial charge on any atom is -0.489 e. The Morgan fingerprint density at radius 2 is 1.83 bits per heavy atom. The highest BCUT2D eigenvalue weighted by atomic mass is 19.1. The van der Waals surface area contributed by atoms with Gasteiger partial charge in [0, 0.05) is 23.9 Å². The number of esters is 1. The van der Waals surface area contributed by atoms with E-state index in [4.69, 9.17) is 9.47 Å². The van der Waals surface area contributed by atoms with Gasteiger partial charge in [-0.2, -0.15) is 0 Å². The fourth-order valence-corrected chi connectivity index (χ4v) is 2.96. The second-order valence-electron chi connectivity index (χ2n) is 7.29. The molecule has 3 aromatic rings. The van der Waals surface area contributed by atoms with Crippen LogP contribution >= 0.6 is 0 Å². The molecule has 0 atom stereocenters. The van der Waals surface area contributed by atoms with Crippen LogP contribution in [0.15, 0.2) is 60.8 Å². The first-order valence-corrected chi connectivity index (χ1v) is 9.80. The first kappa shape index (κ1) is 19.9. The summed E-state index contributed by atoms with van der Waals surface area (Å²) in [6.07, 6.45) is 4.12. The van der Waals surface area contributed by atoms with Gasteiger partial charge >= 0.3 is 5.97 Å². The van der Waals surface area contributed by atoms with E-state index in [2.05, 4.69) is 9.72 Å². The van der Waals surface area contributed by atoms with Crippen LogP contribution in [0.3, 0.4) is 0 Å². The SMILES string of the molecule is COC(=O)c1ccc(COc2cc(F)cc(-c3ccc(OCC4CC4)nc3)c2)cc1. The van der Waals surface area contributed by atoms with E-state index in [1.165, 1.54) is 32.1 Å². The second kappa shape index (κ2) is 8.95. The lowest BCUT2D eigenvalue weighted by atomic mass is 10.1. The predicted molar refractivity (Wildman–Crippen MR) is 110 cm³/mol. The average molecular weight is 407 g/mol. The molecule has 0 radical (unpaired) electrons. The van der Waals surface area contributed by atoms with Crippen LogP contribution in [-0.2, 0) is 11.3 Å². The van der Waals surface area contributed by atoms with E-state index in [9.17, 15) is 9.18 Å². The van der Waals surface area contributed by atoms with Gasteiger partial charge in [-0.1, -0.05) is 12.1 Å². The van der Waals surface area contributed by atoms with Crippen LogP contribution in [0.2, 0.25) is 0 Å². The Balaban J connectivity index is 1.41. The fraction of sp³-hybridized carbons (Fsp3) is 0.250. The summed E-state index contributed by atoms with van der Waals surface area (Å²) in [7, 11) is 1.34. The van der Waals surface area contributed by atoms with Crippen molar-refractivity contribution in [2.45, 2.75) is 19.4 Å². The van der Waals surface area contributed by atoms with Crippen LogP contribution in [0.1, 0.15) is 28.8 Å². The number of hydrogen-bond acceptors (Lipinski definition) is 5. The van der Waals surface area contributed by atoms with Crippen molar-refractivity contribution in [3.05, 3.63) is 77.7 Å². The third-order valence-electron chi connectivity index (χ3n) is 4.89. The molecule has 5 nitrogen and oxygen atoms in total. The molecule has 30 heavy (non-hydrogen) atoms. The van der Waals surface area contributed by atoms with Crippen LogP contribution in [0, 0.1) is 11.7 Å². The van der Waals surface area contributed by atoms with Crippen molar-refractivity contribution in [2.24, 2.45) is 5.92 Å². The third kappa shape index (κ3) is 5.14. The van der Waals surface area contributed by atoms with Gasteiger partial charge in [0.1, 0.15) is 18.2 Å². The van der Waals surface area contributed by atoms with Gasteiger partial charge in [0.2, 0.25) is 5.88 Å². The zero-order chi connectivity index (χ0) is 20.9. The maximum absolute atomic E-state index is 14.1. The molecular formula is C24H22FNO4. The molecular weight excluding hydrogens is 385 g/mol. The van der Waals surface area contributed by atoms with E-state index in [1.807, 2.05) is 6.07 Å². The standard InChI is InChI=1S/C24H22FNO4/c1-28-24(27)18-6-4-17(5-7-18)14-29-22-11-20(10-21(25)12-22)19-8-9-23(26-13-19)30-15-16-2-3-16/h4-13,16H,2-3,14-15H2,1H3. The minimum atomic E-state index is -0.394. The van der Waals surface area contributed by atoms with E-state index < -0.39 is 11.8 Å². The summed E-state index contributed by atoms with van der Waals surface area (Å²) in [5, 5.41) is 0. The lowest BCUT2D eigenvalue weighted by Gasteiger charge is -2.10. The van der Waals surface area contributed by atoms with Crippen molar-refractivity contribution in [3.8, 4) is 22.8 Å². The Hall–Kier alpha value is -3.41. The summed E-state index contributed by atoms with van der Waals surface area (Å²) in [5.74, 6) is 0.864. The number of methoxy groups -OCH3 is 1. The van der Waals surface area contributed by atoms with E-state index in [0.717, 1.165) is 11.1 Å². The lowest BCUT2D eigenvalue weighted by molar-refractivity contribution is 0.0600. The van der Waals surface area contributed by atoms with E-state index in [-0.39, 0.29) is 6.61 Å². The number of carbonyl (C=O) groups excluding carboxylic acids is 1. The Labute approximate surface area is 174 Å². The summed E-state index contributed by atoms with van der Waals surface area (Å²) in [4.78, 5) is 15.8. The van der Waals surface area contributed by atoms with Crippen LogP contribution in [-0.4, -0.2) is 24.7 Å². The number of ether oxygens (including phenoxy) is 3. The first-order chi connectivity index (χ1) is 14.6. The predicted octanol–water partition coefficient (Wildman–Crippen LogP) is 5.04. The number of rotatable bonds is 8. The number of pyridine rings is 1. The molecule has 0 unspecified atom stereocenters. The van der Waals surface area contributed by atoms with Crippen molar-refractivity contribution in [1.29, 1.82) is 0 Å². The summed E-state index contributed by atoms with van der Waals surface area (Å²) in [6, 6.07) is 15.1. The summed E-state index contributed by atoms with van der Waals surface area (Å²) in [5.41, 5.74) is 2.77. The monoisotopic (exact) mass is 407 g/mol. The quantitative estimate of drug-likeness (QED) is 0.490. The molecule has 2 aromatic carbocycles. The molecule has 154 valence electrons. The van der Waals surface area contributed by atoms with Crippen LogP contribution in [0.25, 0.3) is 11.1 Å². The van der Waals surface area contributed by atoms with Gasteiger partial charge in [0.25, 0.3) is 0 Å². The van der Waals surface area contributed by atoms with Gasteiger partial charge < -0.3 is 14.2 Å². The topological polar surface area (TPSA) is 57.7 Å². The highest BCUT2D eigenvalue weighted by molar-refractivity contribution is 5.89. The Kier molecular flexibility index (Phi) is 5.93. The van der Waals surface area contributed by atoms with Gasteiger partial charge in [-0.05, 0) is 60.2 Å². The number of hydrogen-bond donors (Lipinski definition) is 0. The molecule has 0 N–H and O–H groups in total. The Bertz CT molecular complexity index is 1010. The molecule has 4 rings (SSSR count). The molecule has 1 aliphatic rings. The molecule has 0 spiro atoms. The first-order valence-electron chi connectivity index (χ1n) is 9.80. The second-order valence-corrected chi connectivity index (χ2v) is 7.29. The largest absolute Gasteiger partial charge is 0.489 e. The van der Waals surface area contributed by atoms with Gasteiger partial charge in [-0.15, -0.1) is 0 Å². The molecule has 6 heteroatoms. The average Bonchev–Trinajstić information content (AvgIpc) is 3.61.